The van der Waals surface area contributed by atoms with Crippen LogP contribution in [0.3, 0.4) is 0 Å². The molecule has 3 heterocycles. The summed E-state index contributed by atoms with van der Waals surface area (Å²) in [6.45, 7) is 2.98. The first-order chi connectivity index (χ1) is 10.6. The van der Waals surface area contributed by atoms with Gasteiger partial charge < -0.3 is 19.5 Å². The molecule has 2 atom stereocenters. The van der Waals surface area contributed by atoms with Crippen LogP contribution in [-0.4, -0.2) is 36.2 Å². The number of carbonyl (C=O) groups excluding carboxylic acids is 1. The number of aryl methyl sites for hydroxylation is 1. The zero-order valence-electron chi connectivity index (χ0n) is 12.7. The summed E-state index contributed by atoms with van der Waals surface area (Å²) in [5.74, 6) is 3.61. The Bertz CT molecular complexity index is 664. The molecule has 0 spiro atoms. The molecule has 1 aliphatic heterocycles. The zero-order valence-corrected chi connectivity index (χ0v) is 13.6. The second-order valence-electron chi connectivity index (χ2n) is 5.63. The fourth-order valence-corrected chi connectivity index (χ4v) is 3.26. The molecule has 2 aromatic rings. The zero-order chi connectivity index (χ0) is 15.7. The van der Waals surface area contributed by atoms with E-state index < -0.39 is 0 Å². The highest BCUT2D eigenvalue weighted by Crippen LogP contribution is 2.29. The Morgan fingerprint density at radius 3 is 2.82 bits per heavy atom. The van der Waals surface area contributed by atoms with Gasteiger partial charge in [0.15, 0.2) is 5.76 Å². The van der Waals surface area contributed by atoms with Crippen molar-refractivity contribution in [2.24, 2.45) is 5.73 Å². The maximum atomic E-state index is 12.5. The van der Waals surface area contributed by atoms with E-state index in [0.29, 0.717) is 18.8 Å². The van der Waals surface area contributed by atoms with Crippen LogP contribution in [0.2, 0.25) is 0 Å². The molecular weight excluding hydrogens is 300 g/mol. The van der Waals surface area contributed by atoms with Gasteiger partial charge in [-0.1, -0.05) is 0 Å². The lowest BCUT2D eigenvalue weighted by atomic mass is 10.0. The predicted octanol–water partition coefficient (Wildman–Crippen LogP) is 2.61. The number of rotatable bonds is 4. The Hall–Kier alpha value is -1.66. The molecule has 2 aromatic heterocycles. The molecule has 5 nitrogen and oxygen atoms in total. The number of likely N-dealkylation sites (tertiary alicyclic amines) is 1. The summed E-state index contributed by atoms with van der Waals surface area (Å²) in [6.07, 6.45) is 2.00. The Balaban J connectivity index is 1.71. The van der Waals surface area contributed by atoms with Gasteiger partial charge in [-0.3, -0.25) is 4.79 Å². The van der Waals surface area contributed by atoms with Gasteiger partial charge >= 0.3 is 0 Å². The molecule has 0 bridgehead atoms. The van der Waals surface area contributed by atoms with Gasteiger partial charge in [-0.25, -0.2) is 0 Å². The lowest BCUT2D eigenvalue weighted by molar-refractivity contribution is 0.0755. The number of nitrogens with zero attached hydrogens (tertiary/aromatic N) is 1. The molecule has 0 aliphatic carbocycles. The van der Waals surface area contributed by atoms with Crippen molar-refractivity contribution in [1.82, 2.24) is 4.90 Å². The van der Waals surface area contributed by atoms with Crippen LogP contribution in [0.25, 0.3) is 0 Å². The van der Waals surface area contributed by atoms with E-state index >= 15 is 0 Å². The fourth-order valence-electron chi connectivity index (χ4n) is 2.82. The van der Waals surface area contributed by atoms with Gasteiger partial charge in [0.1, 0.15) is 17.3 Å². The van der Waals surface area contributed by atoms with E-state index in [4.69, 9.17) is 14.6 Å². The largest absolute Gasteiger partial charge is 0.466 e. The van der Waals surface area contributed by atoms with Crippen molar-refractivity contribution in [1.29, 1.82) is 0 Å². The number of hydrogen-bond acceptors (Lipinski definition) is 5. The summed E-state index contributed by atoms with van der Waals surface area (Å²) >= 11 is 1.66. The third-order valence-corrected chi connectivity index (χ3v) is 4.51. The van der Waals surface area contributed by atoms with Crippen molar-refractivity contribution in [3.05, 3.63) is 47.3 Å². The van der Waals surface area contributed by atoms with E-state index in [9.17, 15) is 4.79 Å². The van der Waals surface area contributed by atoms with Gasteiger partial charge in [0, 0.05) is 19.1 Å². The van der Waals surface area contributed by atoms with E-state index in [0.717, 1.165) is 23.0 Å². The SMILES string of the molecule is CSCc1ccc(C(=O)N2CC(N)C(c3ccc(C)o3)C2)o1. The number of nitrogens with two attached hydrogens (primary N) is 1. The van der Waals surface area contributed by atoms with Gasteiger partial charge in [-0.2, -0.15) is 11.8 Å². The van der Waals surface area contributed by atoms with Gasteiger partial charge in [0.05, 0.1) is 11.7 Å². The van der Waals surface area contributed by atoms with Crippen LogP contribution in [0.15, 0.2) is 33.1 Å². The molecule has 0 aromatic carbocycles. The van der Waals surface area contributed by atoms with Crippen LogP contribution in [-0.2, 0) is 5.75 Å². The number of carbonyl (C=O) groups is 1. The molecule has 22 heavy (non-hydrogen) atoms. The molecular formula is C16H20N2O3S. The summed E-state index contributed by atoms with van der Waals surface area (Å²) in [4.78, 5) is 14.3. The lowest BCUT2D eigenvalue weighted by Crippen LogP contribution is -2.32. The van der Waals surface area contributed by atoms with Crippen molar-refractivity contribution in [3.8, 4) is 0 Å². The van der Waals surface area contributed by atoms with E-state index in [2.05, 4.69) is 0 Å². The summed E-state index contributed by atoms with van der Waals surface area (Å²) in [5.41, 5.74) is 6.19. The molecule has 1 aliphatic rings. The van der Waals surface area contributed by atoms with Crippen molar-refractivity contribution < 1.29 is 13.6 Å². The second-order valence-corrected chi connectivity index (χ2v) is 6.49. The summed E-state index contributed by atoms with van der Waals surface area (Å²) in [5, 5.41) is 0. The molecule has 2 unspecified atom stereocenters. The summed E-state index contributed by atoms with van der Waals surface area (Å²) < 4.78 is 11.3. The predicted molar refractivity (Wildman–Crippen MR) is 86.0 cm³/mol. The van der Waals surface area contributed by atoms with E-state index in [-0.39, 0.29) is 17.9 Å². The highest BCUT2D eigenvalue weighted by atomic mass is 32.2. The maximum Gasteiger partial charge on any atom is 0.289 e. The Labute approximate surface area is 133 Å². The van der Waals surface area contributed by atoms with E-state index in [1.807, 2.05) is 31.4 Å². The van der Waals surface area contributed by atoms with Crippen LogP contribution >= 0.6 is 11.8 Å². The first-order valence-corrected chi connectivity index (χ1v) is 8.66. The molecule has 0 radical (unpaired) electrons. The van der Waals surface area contributed by atoms with Crippen LogP contribution in [0.5, 0.6) is 0 Å². The van der Waals surface area contributed by atoms with Gasteiger partial charge in [0.2, 0.25) is 0 Å². The van der Waals surface area contributed by atoms with Crippen molar-refractivity contribution >= 4 is 17.7 Å². The number of furan rings is 2. The Morgan fingerprint density at radius 1 is 1.32 bits per heavy atom. The minimum Gasteiger partial charge on any atom is -0.466 e. The number of thioether (sulfide) groups is 1. The Kier molecular flexibility index (Phi) is 4.31. The van der Waals surface area contributed by atoms with Crippen LogP contribution in [0.1, 0.15) is 33.8 Å². The normalized spacial score (nSPS) is 21.5. The van der Waals surface area contributed by atoms with Gasteiger partial charge in [0.25, 0.3) is 5.91 Å². The number of amides is 1. The minimum atomic E-state index is -0.116. The van der Waals surface area contributed by atoms with Gasteiger partial charge in [-0.15, -0.1) is 0 Å². The van der Waals surface area contributed by atoms with Crippen molar-refractivity contribution in [3.63, 3.8) is 0 Å². The van der Waals surface area contributed by atoms with Crippen molar-refractivity contribution in [2.45, 2.75) is 24.6 Å². The van der Waals surface area contributed by atoms with E-state index in [1.54, 1.807) is 22.7 Å². The molecule has 2 N–H and O–H groups in total. The number of hydrogen-bond donors (Lipinski definition) is 1. The summed E-state index contributed by atoms with van der Waals surface area (Å²) in [7, 11) is 0. The fraction of sp³-hybridized carbons (Fsp3) is 0.438. The first-order valence-electron chi connectivity index (χ1n) is 7.27. The van der Waals surface area contributed by atoms with Crippen molar-refractivity contribution in [2.75, 3.05) is 19.3 Å². The molecule has 1 saturated heterocycles. The van der Waals surface area contributed by atoms with Gasteiger partial charge in [-0.05, 0) is 37.4 Å². The smallest absolute Gasteiger partial charge is 0.289 e. The second kappa shape index (κ2) is 6.22. The highest BCUT2D eigenvalue weighted by Gasteiger charge is 2.36. The quantitative estimate of drug-likeness (QED) is 0.937. The third-order valence-electron chi connectivity index (χ3n) is 3.94. The van der Waals surface area contributed by atoms with Crippen LogP contribution in [0.4, 0.5) is 0 Å². The van der Waals surface area contributed by atoms with E-state index in [1.165, 1.54) is 0 Å². The molecule has 1 fully saturated rings. The third kappa shape index (κ3) is 2.94. The van der Waals surface area contributed by atoms with Crippen LogP contribution < -0.4 is 5.73 Å². The standard InChI is InChI=1S/C16H20N2O3S/c1-10-3-5-14(20-10)12-7-18(8-13(12)17)16(19)15-6-4-11(21-15)9-22-2/h3-6,12-13H,7-9,17H2,1-2H3. The molecule has 6 heteroatoms. The Morgan fingerprint density at radius 2 is 2.14 bits per heavy atom. The molecule has 0 saturated carbocycles. The average Bonchev–Trinajstić information content (AvgIpc) is 3.19. The minimum absolute atomic E-state index is 0.0401. The first kappa shape index (κ1) is 15.2. The average molecular weight is 320 g/mol. The highest BCUT2D eigenvalue weighted by molar-refractivity contribution is 7.97. The monoisotopic (exact) mass is 320 g/mol. The molecule has 118 valence electrons. The maximum absolute atomic E-state index is 12.5. The lowest BCUT2D eigenvalue weighted by Gasteiger charge is -2.14. The summed E-state index contributed by atoms with van der Waals surface area (Å²) in [6, 6.07) is 7.34. The topological polar surface area (TPSA) is 72.6 Å². The van der Waals surface area contributed by atoms with Crippen LogP contribution in [0, 0.1) is 6.92 Å². The molecule has 3 rings (SSSR count). The molecule has 1 amide bonds.